The third-order valence-corrected chi connectivity index (χ3v) is 1.99. The summed E-state index contributed by atoms with van der Waals surface area (Å²) >= 11 is 0. The Kier molecular flexibility index (Phi) is 2.25. The van der Waals surface area contributed by atoms with Crippen molar-refractivity contribution in [3.63, 3.8) is 0 Å². The van der Waals surface area contributed by atoms with Gasteiger partial charge < -0.3 is 9.47 Å². The molecule has 1 heterocycles. The Bertz CT molecular complexity index is 448. The molecule has 0 aliphatic carbocycles. The first kappa shape index (κ1) is 9.45. The first-order chi connectivity index (χ1) is 7.24. The van der Waals surface area contributed by atoms with Crippen LogP contribution in [0.25, 0.3) is 0 Å². The molecule has 0 saturated carbocycles. The van der Waals surface area contributed by atoms with E-state index in [-0.39, 0.29) is 17.7 Å². The van der Waals surface area contributed by atoms with E-state index in [1.807, 2.05) is 0 Å². The van der Waals surface area contributed by atoms with Gasteiger partial charge in [0.2, 0.25) is 0 Å². The van der Waals surface area contributed by atoms with E-state index in [0.717, 1.165) is 0 Å². The largest absolute Gasteiger partial charge is 0.489 e. The lowest BCUT2D eigenvalue weighted by Crippen LogP contribution is -2.01. The molecule has 0 unspecified atom stereocenters. The lowest BCUT2D eigenvalue weighted by molar-refractivity contribution is 0.0442. The number of hydrogen-bond acceptors (Lipinski definition) is 4. The van der Waals surface area contributed by atoms with Crippen molar-refractivity contribution in [2.45, 2.75) is 0 Å². The van der Waals surface area contributed by atoms with Crippen molar-refractivity contribution in [3.05, 3.63) is 42.0 Å². The quantitative estimate of drug-likeness (QED) is 0.426. The molecule has 0 saturated heterocycles. The molecule has 0 spiro atoms. The van der Waals surface area contributed by atoms with E-state index in [2.05, 4.69) is 11.3 Å². The van der Waals surface area contributed by atoms with Gasteiger partial charge in [-0.2, -0.15) is 0 Å². The molecule has 0 atom stereocenters. The summed E-state index contributed by atoms with van der Waals surface area (Å²) in [4.78, 5) is 22.5. The summed E-state index contributed by atoms with van der Waals surface area (Å²) in [6.07, 6.45) is 1.56. The predicted molar refractivity (Wildman–Crippen MR) is 51.9 cm³/mol. The summed E-state index contributed by atoms with van der Waals surface area (Å²) in [6.45, 7) is 3.77. The maximum Gasteiger partial charge on any atom is 0.350 e. The van der Waals surface area contributed by atoms with Gasteiger partial charge in [-0.3, -0.25) is 0 Å². The van der Waals surface area contributed by atoms with Crippen molar-refractivity contribution < 1.29 is 19.1 Å². The predicted octanol–water partition coefficient (Wildman–Crippen LogP) is 1.56. The Morgan fingerprint density at radius 3 is 2.87 bits per heavy atom. The highest BCUT2D eigenvalue weighted by Crippen LogP contribution is 2.28. The Labute approximate surface area is 86.1 Å². The minimum Gasteiger partial charge on any atom is -0.489 e. The SMILES string of the molecule is C=CCOc1cccc2c1C(=O)OC2=O. The van der Waals surface area contributed by atoms with Gasteiger partial charge >= 0.3 is 11.9 Å². The normalized spacial score (nSPS) is 13.3. The third-order valence-electron chi connectivity index (χ3n) is 1.99. The van der Waals surface area contributed by atoms with E-state index in [9.17, 15) is 9.59 Å². The number of carbonyl (C=O) groups is 2. The summed E-state index contributed by atoms with van der Waals surface area (Å²) in [6, 6.07) is 4.78. The van der Waals surface area contributed by atoms with Crippen molar-refractivity contribution in [3.8, 4) is 5.75 Å². The minimum atomic E-state index is -0.658. The maximum atomic E-state index is 11.3. The first-order valence-corrected chi connectivity index (χ1v) is 4.37. The van der Waals surface area contributed by atoms with Crippen LogP contribution in [0.3, 0.4) is 0 Å². The second-order valence-electron chi connectivity index (χ2n) is 2.96. The molecule has 0 fully saturated rings. The molecule has 0 radical (unpaired) electrons. The third kappa shape index (κ3) is 1.50. The number of esters is 2. The van der Waals surface area contributed by atoms with Crippen LogP contribution in [0, 0.1) is 0 Å². The zero-order valence-electron chi connectivity index (χ0n) is 7.86. The standard InChI is InChI=1S/C11H8O4/c1-2-6-14-8-5-3-4-7-9(8)11(13)15-10(7)12/h2-5H,1,6H2. The van der Waals surface area contributed by atoms with Crippen LogP contribution >= 0.6 is 0 Å². The van der Waals surface area contributed by atoms with Gasteiger partial charge in [0.15, 0.2) is 0 Å². The average Bonchev–Trinajstić information content (AvgIpc) is 2.53. The summed E-state index contributed by atoms with van der Waals surface area (Å²) < 4.78 is 9.71. The molecule has 1 aliphatic rings. The fraction of sp³-hybridized carbons (Fsp3) is 0.0909. The van der Waals surface area contributed by atoms with E-state index in [1.54, 1.807) is 18.2 Å². The molecule has 0 bridgehead atoms. The van der Waals surface area contributed by atoms with Gasteiger partial charge in [-0.05, 0) is 12.1 Å². The second kappa shape index (κ2) is 3.57. The Morgan fingerprint density at radius 2 is 2.13 bits per heavy atom. The molecule has 1 aromatic rings. The van der Waals surface area contributed by atoms with Crippen LogP contribution in [0.1, 0.15) is 20.7 Å². The second-order valence-corrected chi connectivity index (χ2v) is 2.96. The highest BCUT2D eigenvalue weighted by Gasteiger charge is 2.32. The monoisotopic (exact) mass is 204 g/mol. The van der Waals surface area contributed by atoms with Crippen molar-refractivity contribution in [1.82, 2.24) is 0 Å². The van der Waals surface area contributed by atoms with Gasteiger partial charge in [-0.1, -0.05) is 18.7 Å². The molecule has 0 amide bonds. The molecule has 15 heavy (non-hydrogen) atoms. The number of benzene rings is 1. The molecular formula is C11H8O4. The van der Waals surface area contributed by atoms with Crippen LogP contribution < -0.4 is 4.74 Å². The summed E-state index contributed by atoms with van der Waals surface area (Å²) in [5.74, 6) is -0.933. The number of rotatable bonds is 3. The number of hydrogen-bond donors (Lipinski definition) is 0. The van der Waals surface area contributed by atoms with E-state index in [4.69, 9.17) is 4.74 Å². The van der Waals surface area contributed by atoms with Crippen LogP contribution in [0.2, 0.25) is 0 Å². The molecule has 4 heteroatoms. The van der Waals surface area contributed by atoms with Gasteiger partial charge in [0, 0.05) is 0 Å². The molecule has 1 aliphatic heterocycles. The average molecular weight is 204 g/mol. The topological polar surface area (TPSA) is 52.6 Å². The molecule has 0 N–H and O–H groups in total. The van der Waals surface area contributed by atoms with Crippen molar-refractivity contribution >= 4 is 11.9 Å². The van der Waals surface area contributed by atoms with Gasteiger partial charge in [-0.25, -0.2) is 9.59 Å². The molecule has 76 valence electrons. The van der Waals surface area contributed by atoms with E-state index >= 15 is 0 Å². The fourth-order valence-corrected chi connectivity index (χ4v) is 1.37. The summed E-state index contributed by atoms with van der Waals surface area (Å²) in [7, 11) is 0. The Hall–Kier alpha value is -2.10. The van der Waals surface area contributed by atoms with E-state index < -0.39 is 11.9 Å². The van der Waals surface area contributed by atoms with Gasteiger partial charge in [0.25, 0.3) is 0 Å². The van der Waals surface area contributed by atoms with Gasteiger partial charge in [0.05, 0.1) is 5.56 Å². The summed E-state index contributed by atoms with van der Waals surface area (Å²) in [5, 5.41) is 0. The zero-order chi connectivity index (χ0) is 10.8. The Morgan fingerprint density at radius 1 is 1.33 bits per heavy atom. The molecule has 4 nitrogen and oxygen atoms in total. The molecular weight excluding hydrogens is 196 g/mol. The van der Waals surface area contributed by atoms with Crippen LogP contribution in [0.15, 0.2) is 30.9 Å². The minimum absolute atomic E-state index is 0.198. The highest BCUT2D eigenvalue weighted by atomic mass is 16.6. The number of carbonyl (C=O) groups excluding carboxylic acids is 2. The van der Waals surface area contributed by atoms with Crippen molar-refractivity contribution in [1.29, 1.82) is 0 Å². The van der Waals surface area contributed by atoms with Crippen LogP contribution in [0.4, 0.5) is 0 Å². The fourth-order valence-electron chi connectivity index (χ4n) is 1.37. The molecule has 2 rings (SSSR count). The van der Waals surface area contributed by atoms with Crippen LogP contribution in [0.5, 0.6) is 5.75 Å². The highest BCUT2D eigenvalue weighted by molar-refractivity contribution is 6.16. The number of cyclic esters (lactones) is 2. The smallest absolute Gasteiger partial charge is 0.350 e. The summed E-state index contributed by atoms with van der Waals surface area (Å²) in [5.41, 5.74) is 0.450. The maximum absolute atomic E-state index is 11.3. The Balaban J connectivity index is 2.45. The van der Waals surface area contributed by atoms with Gasteiger partial charge in [0.1, 0.15) is 17.9 Å². The molecule has 0 aromatic heterocycles. The first-order valence-electron chi connectivity index (χ1n) is 4.37. The number of ether oxygens (including phenoxy) is 2. The van der Waals surface area contributed by atoms with E-state index in [0.29, 0.717) is 5.75 Å². The lowest BCUT2D eigenvalue weighted by Gasteiger charge is -2.04. The zero-order valence-corrected chi connectivity index (χ0v) is 7.86. The molecule has 1 aromatic carbocycles. The lowest BCUT2D eigenvalue weighted by atomic mass is 10.1. The van der Waals surface area contributed by atoms with Crippen LogP contribution in [-0.2, 0) is 4.74 Å². The van der Waals surface area contributed by atoms with Crippen molar-refractivity contribution in [2.24, 2.45) is 0 Å². The van der Waals surface area contributed by atoms with Crippen LogP contribution in [-0.4, -0.2) is 18.5 Å². The van der Waals surface area contributed by atoms with Gasteiger partial charge in [-0.15, -0.1) is 0 Å². The number of fused-ring (bicyclic) bond motifs is 1. The van der Waals surface area contributed by atoms with Crippen molar-refractivity contribution in [2.75, 3.05) is 6.61 Å². The van der Waals surface area contributed by atoms with E-state index in [1.165, 1.54) is 6.07 Å².